The average Bonchev–Trinajstić information content (AvgIpc) is 2.51. The van der Waals surface area contributed by atoms with Crippen LogP contribution in [0.25, 0.3) is 0 Å². The molecule has 1 amide bonds. The number of carboxylic acid groups (broad SMARTS) is 1. The fourth-order valence-corrected chi connectivity index (χ4v) is 3.36. The first kappa shape index (κ1) is 14.8. The van der Waals surface area contributed by atoms with Gasteiger partial charge in [0.25, 0.3) is 0 Å². The smallest absolute Gasteiger partial charge is 0.407 e. The fourth-order valence-electron chi connectivity index (χ4n) is 3.36. The van der Waals surface area contributed by atoms with Crippen molar-refractivity contribution in [1.29, 1.82) is 0 Å². The Bertz CT molecular complexity index is 565. The van der Waals surface area contributed by atoms with Crippen LogP contribution < -0.4 is 5.32 Å². The lowest BCUT2D eigenvalue weighted by atomic mass is 9.55. The van der Waals surface area contributed by atoms with E-state index in [1.807, 2.05) is 30.3 Å². The summed E-state index contributed by atoms with van der Waals surface area (Å²) < 4.78 is 10.8. The van der Waals surface area contributed by atoms with Crippen LogP contribution in [0.2, 0.25) is 0 Å². The van der Waals surface area contributed by atoms with E-state index in [-0.39, 0.29) is 13.2 Å². The molecule has 2 bridgehead atoms. The van der Waals surface area contributed by atoms with Gasteiger partial charge in [0, 0.05) is 13.2 Å². The number of benzene rings is 1. The standard InChI is InChI=1S/C16H19NO5/c18-13(19)15-6-7-22-16(9-15,10-15)11-17-14(20)21-8-12-4-2-1-3-5-12/h1-5H,6-11H2,(H,17,20)(H,18,19). The largest absolute Gasteiger partial charge is 0.481 e. The lowest BCUT2D eigenvalue weighted by Gasteiger charge is -2.57. The number of hydrogen-bond acceptors (Lipinski definition) is 4. The van der Waals surface area contributed by atoms with Crippen LogP contribution in [-0.4, -0.2) is 35.9 Å². The van der Waals surface area contributed by atoms with Crippen molar-refractivity contribution in [2.45, 2.75) is 31.5 Å². The Hall–Kier alpha value is -2.08. The molecule has 1 aliphatic carbocycles. The molecule has 118 valence electrons. The maximum atomic E-state index is 11.7. The van der Waals surface area contributed by atoms with Crippen molar-refractivity contribution in [1.82, 2.24) is 5.32 Å². The Morgan fingerprint density at radius 3 is 2.68 bits per heavy atom. The molecule has 1 aromatic rings. The number of rotatable bonds is 5. The topological polar surface area (TPSA) is 84.9 Å². The van der Waals surface area contributed by atoms with Crippen molar-refractivity contribution < 1.29 is 24.2 Å². The maximum absolute atomic E-state index is 11.7. The van der Waals surface area contributed by atoms with Gasteiger partial charge >= 0.3 is 12.1 Å². The third-order valence-electron chi connectivity index (χ3n) is 4.53. The molecule has 22 heavy (non-hydrogen) atoms. The van der Waals surface area contributed by atoms with Crippen molar-refractivity contribution in [2.24, 2.45) is 5.41 Å². The molecule has 2 N–H and O–H groups in total. The number of ether oxygens (including phenoxy) is 2. The lowest BCUT2D eigenvalue weighted by molar-refractivity contribution is -0.230. The van der Waals surface area contributed by atoms with Gasteiger partial charge in [0.1, 0.15) is 6.61 Å². The van der Waals surface area contributed by atoms with E-state index in [0.29, 0.717) is 25.9 Å². The van der Waals surface area contributed by atoms with Crippen LogP contribution in [-0.2, 0) is 20.9 Å². The van der Waals surface area contributed by atoms with Gasteiger partial charge in [0.2, 0.25) is 0 Å². The molecule has 2 aliphatic heterocycles. The minimum atomic E-state index is -0.766. The van der Waals surface area contributed by atoms with E-state index >= 15 is 0 Å². The number of aliphatic carboxylic acids is 1. The normalized spacial score (nSPS) is 29.3. The van der Waals surface area contributed by atoms with E-state index < -0.39 is 23.1 Å². The highest BCUT2D eigenvalue weighted by molar-refractivity contribution is 5.77. The van der Waals surface area contributed by atoms with Crippen LogP contribution in [0.1, 0.15) is 24.8 Å². The van der Waals surface area contributed by atoms with Gasteiger partial charge in [0.15, 0.2) is 0 Å². The number of fused-ring (bicyclic) bond motifs is 2. The van der Waals surface area contributed by atoms with E-state index in [2.05, 4.69) is 5.32 Å². The Morgan fingerprint density at radius 2 is 2.00 bits per heavy atom. The van der Waals surface area contributed by atoms with Gasteiger partial charge in [-0.25, -0.2) is 4.79 Å². The summed E-state index contributed by atoms with van der Waals surface area (Å²) in [4.78, 5) is 23.0. The van der Waals surface area contributed by atoms with Gasteiger partial charge in [0.05, 0.1) is 11.0 Å². The van der Waals surface area contributed by atoms with E-state index in [0.717, 1.165) is 5.56 Å². The molecule has 0 aromatic heterocycles. The van der Waals surface area contributed by atoms with Crippen LogP contribution in [0.5, 0.6) is 0 Å². The number of amides is 1. The molecular formula is C16H19NO5. The lowest BCUT2D eigenvalue weighted by Crippen LogP contribution is -2.65. The van der Waals surface area contributed by atoms with Gasteiger partial charge in [-0.2, -0.15) is 0 Å². The summed E-state index contributed by atoms with van der Waals surface area (Å²) in [6, 6.07) is 9.41. The van der Waals surface area contributed by atoms with E-state index in [9.17, 15) is 14.7 Å². The summed E-state index contributed by atoms with van der Waals surface area (Å²) >= 11 is 0. The van der Waals surface area contributed by atoms with Crippen LogP contribution in [0.15, 0.2) is 30.3 Å². The summed E-state index contributed by atoms with van der Waals surface area (Å²) in [6.45, 7) is 0.919. The third-order valence-corrected chi connectivity index (χ3v) is 4.53. The second kappa shape index (κ2) is 5.61. The van der Waals surface area contributed by atoms with E-state index in [1.54, 1.807) is 0 Å². The molecule has 0 atom stereocenters. The predicted octanol–water partition coefficient (Wildman–Crippen LogP) is 1.94. The summed E-state index contributed by atoms with van der Waals surface area (Å²) in [7, 11) is 0. The first-order valence-corrected chi connectivity index (χ1v) is 7.36. The molecule has 0 unspecified atom stereocenters. The molecule has 0 spiro atoms. The first-order chi connectivity index (χ1) is 10.5. The highest BCUT2D eigenvalue weighted by atomic mass is 16.5. The molecule has 0 radical (unpaired) electrons. The molecule has 6 nitrogen and oxygen atoms in total. The zero-order valence-corrected chi connectivity index (χ0v) is 12.2. The van der Waals surface area contributed by atoms with E-state index in [1.165, 1.54) is 0 Å². The van der Waals surface area contributed by atoms with Crippen LogP contribution >= 0.6 is 0 Å². The minimum Gasteiger partial charge on any atom is -0.481 e. The first-order valence-electron chi connectivity index (χ1n) is 7.36. The number of carbonyl (C=O) groups excluding carboxylic acids is 1. The van der Waals surface area contributed by atoms with Gasteiger partial charge in [-0.3, -0.25) is 4.79 Å². The number of carboxylic acids is 1. The van der Waals surface area contributed by atoms with Crippen molar-refractivity contribution in [3.05, 3.63) is 35.9 Å². The molecule has 2 saturated heterocycles. The third kappa shape index (κ3) is 2.78. The Kier molecular flexibility index (Phi) is 3.78. The van der Waals surface area contributed by atoms with Gasteiger partial charge in [-0.15, -0.1) is 0 Å². The predicted molar refractivity (Wildman–Crippen MR) is 77.2 cm³/mol. The monoisotopic (exact) mass is 305 g/mol. The van der Waals surface area contributed by atoms with Crippen molar-refractivity contribution in [2.75, 3.05) is 13.2 Å². The van der Waals surface area contributed by atoms with Crippen molar-refractivity contribution in [3.8, 4) is 0 Å². The second-order valence-electron chi connectivity index (χ2n) is 6.14. The fraction of sp³-hybridized carbons (Fsp3) is 0.500. The molecule has 3 fully saturated rings. The number of carbonyl (C=O) groups is 2. The molecule has 1 saturated carbocycles. The van der Waals surface area contributed by atoms with Gasteiger partial charge in [-0.05, 0) is 24.8 Å². The van der Waals surface area contributed by atoms with Gasteiger partial charge < -0.3 is 19.9 Å². The quantitative estimate of drug-likeness (QED) is 0.868. The number of nitrogens with one attached hydrogen (secondary N) is 1. The summed E-state index contributed by atoms with van der Waals surface area (Å²) in [6.07, 6.45) is 0.936. The average molecular weight is 305 g/mol. The molecule has 4 rings (SSSR count). The van der Waals surface area contributed by atoms with Crippen LogP contribution in [0.3, 0.4) is 0 Å². The zero-order valence-electron chi connectivity index (χ0n) is 12.2. The summed E-state index contributed by atoms with van der Waals surface area (Å²) in [5.41, 5.74) is -0.283. The second-order valence-corrected chi connectivity index (χ2v) is 6.14. The molecule has 2 heterocycles. The van der Waals surface area contributed by atoms with Gasteiger partial charge in [-0.1, -0.05) is 30.3 Å². The number of hydrogen-bond donors (Lipinski definition) is 2. The van der Waals surface area contributed by atoms with Crippen LogP contribution in [0.4, 0.5) is 4.79 Å². The SMILES string of the molecule is O=C(NCC12CC(C(=O)O)(CCO1)C2)OCc1ccccc1. The zero-order chi connectivity index (χ0) is 15.6. The van der Waals surface area contributed by atoms with Crippen LogP contribution in [0, 0.1) is 5.41 Å². The minimum absolute atomic E-state index is 0.208. The molecular weight excluding hydrogens is 286 g/mol. The van der Waals surface area contributed by atoms with E-state index in [4.69, 9.17) is 9.47 Å². The number of alkyl carbamates (subject to hydrolysis) is 1. The highest BCUT2D eigenvalue weighted by Crippen LogP contribution is 2.56. The Morgan fingerprint density at radius 1 is 1.27 bits per heavy atom. The Labute approximate surface area is 128 Å². The Balaban J connectivity index is 1.45. The molecule has 1 aromatic carbocycles. The molecule has 3 aliphatic rings. The van der Waals surface area contributed by atoms with Crippen molar-refractivity contribution in [3.63, 3.8) is 0 Å². The summed E-state index contributed by atoms with van der Waals surface area (Å²) in [5.74, 6) is -0.766. The highest BCUT2D eigenvalue weighted by Gasteiger charge is 2.62. The molecule has 6 heteroatoms. The maximum Gasteiger partial charge on any atom is 0.407 e. The van der Waals surface area contributed by atoms with Crippen molar-refractivity contribution >= 4 is 12.1 Å². The summed E-state index contributed by atoms with van der Waals surface area (Å²) in [5, 5.41) is 11.9.